The fourth-order valence-electron chi connectivity index (χ4n) is 2.55. The summed E-state index contributed by atoms with van der Waals surface area (Å²) in [4.78, 5) is 14.4. The number of hydrogen-bond donors (Lipinski definition) is 1. The van der Waals surface area contributed by atoms with Gasteiger partial charge in [0.25, 0.3) is 5.91 Å². The molecule has 1 saturated heterocycles. The summed E-state index contributed by atoms with van der Waals surface area (Å²) in [7, 11) is 1.68. The molecule has 1 amide bonds. The van der Waals surface area contributed by atoms with Crippen LogP contribution in [0.3, 0.4) is 0 Å². The van der Waals surface area contributed by atoms with Gasteiger partial charge in [-0.05, 0) is 47.6 Å². The molecular formula is C16H12BrN2OS. The Balaban J connectivity index is 2.27. The third-order valence-electron chi connectivity index (χ3n) is 3.62. The van der Waals surface area contributed by atoms with Crippen LogP contribution in [0, 0.1) is 6.07 Å². The smallest absolute Gasteiger partial charge is 0.263 e. The lowest BCUT2D eigenvalue weighted by molar-refractivity contribution is -0.129. The van der Waals surface area contributed by atoms with Crippen molar-refractivity contribution in [3.8, 4) is 0 Å². The maximum absolute atomic E-state index is 12.9. The molecule has 2 aromatic carbocycles. The second-order valence-electron chi connectivity index (χ2n) is 4.85. The van der Waals surface area contributed by atoms with Gasteiger partial charge in [0.2, 0.25) is 0 Å². The molecule has 3 rings (SSSR count). The summed E-state index contributed by atoms with van der Waals surface area (Å²) in [5.74, 6) is -0.0924. The average molecular weight is 360 g/mol. The number of hydrogen-bond acceptors (Lipinski definition) is 2. The number of likely N-dealkylation sites (N-methyl/N-ethyl adjacent to an activating group) is 1. The van der Waals surface area contributed by atoms with E-state index in [0.717, 1.165) is 15.6 Å². The van der Waals surface area contributed by atoms with Gasteiger partial charge >= 0.3 is 0 Å². The minimum atomic E-state index is -0.993. The molecule has 1 fully saturated rings. The van der Waals surface area contributed by atoms with Crippen LogP contribution in [0.4, 0.5) is 0 Å². The average Bonchev–Trinajstić information content (AvgIpc) is 2.73. The molecule has 21 heavy (non-hydrogen) atoms. The van der Waals surface area contributed by atoms with Crippen molar-refractivity contribution in [2.45, 2.75) is 5.54 Å². The Kier molecular flexibility index (Phi) is 3.55. The normalized spacial score (nSPS) is 21.5. The molecule has 0 bridgehead atoms. The van der Waals surface area contributed by atoms with E-state index in [2.05, 4.69) is 27.3 Å². The number of benzene rings is 2. The van der Waals surface area contributed by atoms with Crippen LogP contribution < -0.4 is 5.32 Å². The van der Waals surface area contributed by atoms with Crippen molar-refractivity contribution < 1.29 is 4.79 Å². The molecule has 1 aliphatic rings. The first-order valence-electron chi connectivity index (χ1n) is 6.38. The molecule has 1 radical (unpaired) electrons. The topological polar surface area (TPSA) is 32.3 Å². The molecular weight excluding hydrogens is 348 g/mol. The number of halogens is 1. The van der Waals surface area contributed by atoms with Crippen LogP contribution in [0.25, 0.3) is 0 Å². The Hall–Kier alpha value is -1.72. The van der Waals surface area contributed by atoms with Gasteiger partial charge in [-0.3, -0.25) is 9.69 Å². The Labute approximate surface area is 137 Å². The quantitative estimate of drug-likeness (QED) is 0.836. The van der Waals surface area contributed by atoms with E-state index < -0.39 is 5.54 Å². The summed E-state index contributed by atoms with van der Waals surface area (Å²) in [6.07, 6.45) is 0. The number of carbonyl (C=O) groups is 1. The van der Waals surface area contributed by atoms with Crippen molar-refractivity contribution >= 4 is 39.2 Å². The molecule has 1 N–H and O–H groups in total. The maximum atomic E-state index is 12.9. The van der Waals surface area contributed by atoms with E-state index in [1.54, 1.807) is 13.1 Å². The second-order valence-corrected chi connectivity index (χ2v) is 6.15. The Morgan fingerprint density at radius 1 is 1.29 bits per heavy atom. The van der Waals surface area contributed by atoms with Gasteiger partial charge in [-0.1, -0.05) is 46.3 Å². The number of nitrogens with one attached hydrogen (secondary N) is 1. The van der Waals surface area contributed by atoms with Crippen LogP contribution in [0.15, 0.2) is 53.0 Å². The van der Waals surface area contributed by atoms with Gasteiger partial charge in [-0.25, -0.2) is 0 Å². The third kappa shape index (κ3) is 2.17. The molecule has 3 nitrogen and oxygen atoms in total. The Bertz CT molecular complexity index is 719. The molecule has 5 heteroatoms. The van der Waals surface area contributed by atoms with Crippen molar-refractivity contribution in [1.29, 1.82) is 0 Å². The minimum absolute atomic E-state index is 0.0924. The van der Waals surface area contributed by atoms with Crippen LogP contribution in [0.2, 0.25) is 0 Å². The van der Waals surface area contributed by atoms with E-state index in [1.165, 1.54) is 4.90 Å². The van der Waals surface area contributed by atoms with Gasteiger partial charge in [-0.2, -0.15) is 0 Å². The Morgan fingerprint density at radius 2 is 2.05 bits per heavy atom. The van der Waals surface area contributed by atoms with Crippen molar-refractivity contribution in [1.82, 2.24) is 10.2 Å². The summed E-state index contributed by atoms with van der Waals surface area (Å²) in [5, 5.41) is 3.61. The van der Waals surface area contributed by atoms with E-state index in [9.17, 15) is 4.79 Å². The number of rotatable bonds is 2. The minimum Gasteiger partial charge on any atom is -0.341 e. The highest BCUT2D eigenvalue weighted by molar-refractivity contribution is 9.10. The molecule has 1 heterocycles. The van der Waals surface area contributed by atoms with Crippen LogP contribution in [0.5, 0.6) is 0 Å². The zero-order valence-electron chi connectivity index (χ0n) is 11.3. The lowest BCUT2D eigenvalue weighted by Gasteiger charge is -2.28. The van der Waals surface area contributed by atoms with Crippen LogP contribution in [0.1, 0.15) is 11.1 Å². The largest absolute Gasteiger partial charge is 0.341 e. The summed E-state index contributed by atoms with van der Waals surface area (Å²) < 4.78 is 0.911. The molecule has 1 atom stereocenters. The number of nitrogens with zero attached hydrogens (tertiary/aromatic N) is 1. The van der Waals surface area contributed by atoms with Crippen LogP contribution in [-0.4, -0.2) is 23.0 Å². The monoisotopic (exact) mass is 359 g/mol. The molecule has 0 spiro atoms. The molecule has 105 valence electrons. The molecule has 2 aromatic rings. The number of amides is 1. The fourth-order valence-corrected chi connectivity index (χ4v) is 3.18. The summed E-state index contributed by atoms with van der Waals surface area (Å²) >= 11 is 8.74. The molecule has 0 aliphatic carbocycles. The maximum Gasteiger partial charge on any atom is 0.263 e. The standard InChI is InChI=1S/C16H12BrN2OS/c1-19-14(20)16(18-15(19)21,11-6-3-2-4-7-11)12-8-5-9-13(17)10-12/h2-3,5-10H,1H3,(H,18,21). The fraction of sp³-hybridized carbons (Fsp3) is 0.125. The van der Waals surface area contributed by atoms with E-state index in [-0.39, 0.29) is 5.91 Å². The molecule has 0 saturated carbocycles. The lowest BCUT2D eigenvalue weighted by atomic mass is 9.83. The van der Waals surface area contributed by atoms with Gasteiger partial charge in [0, 0.05) is 11.5 Å². The van der Waals surface area contributed by atoms with Crippen molar-refractivity contribution in [3.05, 3.63) is 70.2 Å². The number of carbonyl (C=O) groups excluding carboxylic acids is 1. The Morgan fingerprint density at radius 3 is 2.62 bits per heavy atom. The highest BCUT2D eigenvalue weighted by atomic mass is 79.9. The van der Waals surface area contributed by atoms with Crippen molar-refractivity contribution in [2.24, 2.45) is 0 Å². The highest BCUT2D eigenvalue weighted by Gasteiger charge is 2.50. The summed E-state index contributed by atoms with van der Waals surface area (Å²) in [6.45, 7) is 0. The predicted molar refractivity (Wildman–Crippen MR) is 88.7 cm³/mol. The summed E-state index contributed by atoms with van der Waals surface area (Å²) in [6, 6.07) is 18.1. The first kappa shape index (κ1) is 14.2. The summed E-state index contributed by atoms with van der Waals surface area (Å²) in [5.41, 5.74) is 0.667. The molecule has 1 aliphatic heterocycles. The van der Waals surface area contributed by atoms with E-state index in [0.29, 0.717) is 5.11 Å². The van der Waals surface area contributed by atoms with Gasteiger partial charge < -0.3 is 5.32 Å². The van der Waals surface area contributed by atoms with Crippen LogP contribution in [-0.2, 0) is 10.3 Å². The second kappa shape index (κ2) is 5.24. The van der Waals surface area contributed by atoms with Crippen molar-refractivity contribution in [3.63, 3.8) is 0 Å². The number of thiocarbonyl (C=S) groups is 1. The van der Waals surface area contributed by atoms with Crippen molar-refractivity contribution in [2.75, 3.05) is 7.05 Å². The first-order chi connectivity index (χ1) is 10.1. The van der Waals surface area contributed by atoms with Gasteiger partial charge in [-0.15, -0.1) is 0 Å². The van der Waals surface area contributed by atoms with Gasteiger partial charge in [0.15, 0.2) is 10.7 Å². The zero-order chi connectivity index (χ0) is 15.0. The van der Waals surface area contributed by atoms with E-state index in [1.807, 2.05) is 42.5 Å². The first-order valence-corrected chi connectivity index (χ1v) is 7.59. The SMILES string of the molecule is CN1C(=O)C(c2c[c]ccc2)(c2cccc(Br)c2)NC1=S. The lowest BCUT2D eigenvalue weighted by Crippen LogP contribution is -2.44. The molecule has 0 aromatic heterocycles. The third-order valence-corrected chi connectivity index (χ3v) is 4.49. The van der Waals surface area contributed by atoms with E-state index in [4.69, 9.17) is 12.2 Å². The van der Waals surface area contributed by atoms with Crippen LogP contribution >= 0.6 is 28.1 Å². The molecule has 1 unspecified atom stereocenters. The predicted octanol–water partition coefficient (Wildman–Crippen LogP) is 2.84. The van der Waals surface area contributed by atoms with Gasteiger partial charge in [0.1, 0.15) is 0 Å². The van der Waals surface area contributed by atoms with E-state index >= 15 is 0 Å². The zero-order valence-corrected chi connectivity index (χ0v) is 13.7. The van der Waals surface area contributed by atoms with Gasteiger partial charge in [0.05, 0.1) is 0 Å². The highest BCUT2D eigenvalue weighted by Crippen LogP contribution is 2.36.